The molecule has 1 aliphatic carbocycles. The first-order valence-corrected chi connectivity index (χ1v) is 10.8. The standard InChI is InChI=1S/C24H29N3O3/c1-2-29-21-10-5-6-11-22(21)30-17-16-27-20-9-4-3-8-19(20)26-23(27)12-7-15-25-24(28)18-13-14-18/h3-6,8-11,18H,2,7,12-17H2,1H3,(H,25,28). The maximum Gasteiger partial charge on any atom is 0.223 e. The van der Waals surface area contributed by atoms with Crippen LogP contribution in [0.1, 0.15) is 32.0 Å². The zero-order chi connectivity index (χ0) is 20.8. The molecule has 0 unspecified atom stereocenters. The SMILES string of the molecule is CCOc1ccccc1OCCn1c(CCCNC(=O)C2CC2)nc2ccccc21. The molecule has 30 heavy (non-hydrogen) atoms. The number of nitrogens with zero attached hydrogens (tertiary/aromatic N) is 2. The van der Waals surface area contributed by atoms with Gasteiger partial charge in [0.25, 0.3) is 0 Å². The number of para-hydroxylation sites is 4. The van der Waals surface area contributed by atoms with E-state index in [1.165, 1.54) is 0 Å². The maximum absolute atomic E-state index is 11.8. The molecule has 6 heteroatoms. The highest BCUT2D eigenvalue weighted by Gasteiger charge is 2.29. The quantitative estimate of drug-likeness (QED) is 0.489. The van der Waals surface area contributed by atoms with E-state index in [9.17, 15) is 4.79 Å². The third-order valence-electron chi connectivity index (χ3n) is 5.28. The van der Waals surface area contributed by atoms with Gasteiger partial charge in [0.15, 0.2) is 11.5 Å². The summed E-state index contributed by atoms with van der Waals surface area (Å²) in [5.74, 6) is 3.00. The number of aryl methyl sites for hydroxylation is 1. The molecule has 1 fully saturated rings. The Kier molecular flexibility index (Phi) is 6.52. The molecule has 1 saturated carbocycles. The fourth-order valence-electron chi connectivity index (χ4n) is 3.60. The minimum atomic E-state index is 0.199. The number of ether oxygens (including phenoxy) is 2. The van der Waals surface area contributed by atoms with E-state index in [1.54, 1.807) is 0 Å². The highest BCUT2D eigenvalue weighted by Crippen LogP contribution is 2.29. The zero-order valence-corrected chi connectivity index (χ0v) is 17.5. The van der Waals surface area contributed by atoms with Crippen LogP contribution < -0.4 is 14.8 Å². The lowest BCUT2D eigenvalue weighted by Gasteiger charge is -2.13. The normalized spacial score (nSPS) is 13.4. The highest BCUT2D eigenvalue weighted by atomic mass is 16.5. The Labute approximate surface area is 177 Å². The molecule has 1 heterocycles. The molecule has 0 radical (unpaired) electrons. The zero-order valence-electron chi connectivity index (χ0n) is 17.5. The first kappa shape index (κ1) is 20.3. The van der Waals surface area contributed by atoms with Crippen LogP contribution in [-0.4, -0.2) is 35.2 Å². The van der Waals surface area contributed by atoms with Crippen LogP contribution in [0.5, 0.6) is 11.5 Å². The largest absolute Gasteiger partial charge is 0.490 e. The van der Waals surface area contributed by atoms with Crippen molar-refractivity contribution >= 4 is 16.9 Å². The van der Waals surface area contributed by atoms with Crippen molar-refractivity contribution in [3.8, 4) is 11.5 Å². The summed E-state index contributed by atoms with van der Waals surface area (Å²) in [5, 5.41) is 3.04. The molecule has 1 amide bonds. The van der Waals surface area contributed by atoms with E-state index in [4.69, 9.17) is 14.5 Å². The van der Waals surface area contributed by atoms with Crippen LogP contribution in [0.4, 0.5) is 0 Å². The Hall–Kier alpha value is -3.02. The topological polar surface area (TPSA) is 65.4 Å². The molecule has 3 aromatic rings. The van der Waals surface area contributed by atoms with Gasteiger partial charge in [-0.05, 0) is 50.5 Å². The minimum Gasteiger partial charge on any atom is -0.490 e. The third-order valence-corrected chi connectivity index (χ3v) is 5.28. The van der Waals surface area contributed by atoms with Crippen LogP contribution in [0.3, 0.4) is 0 Å². The molecule has 0 atom stereocenters. The van der Waals surface area contributed by atoms with E-state index in [0.717, 1.165) is 54.0 Å². The first-order chi connectivity index (χ1) is 14.8. The van der Waals surface area contributed by atoms with Crippen LogP contribution in [0.2, 0.25) is 0 Å². The Bertz CT molecular complexity index is 994. The molecule has 2 aromatic carbocycles. The number of fused-ring (bicyclic) bond motifs is 1. The van der Waals surface area contributed by atoms with E-state index >= 15 is 0 Å². The van der Waals surface area contributed by atoms with Gasteiger partial charge in [-0.2, -0.15) is 0 Å². The maximum atomic E-state index is 11.8. The number of nitrogens with one attached hydrogen (secondary N) is 1. The number of carbonyl (C=O) groups excluding carboxylic acids is 1. The van der Waals surface area contributed by atoms with Crippen molar-refractivity contribution in [1.82, 2.24) is 14.9 Å². The smallest absolute Gasteiger partial charge is 0.223 e. The average Bonchev–Trinajstić information content (AvgIpc) is 3.56. The number of amides is 1. The molecular weight excluding hydrogens is 378 g/mol. The molecule has 0 aliphatic heterocycles. The van der Waals surface area contributed by atoms with Gasteiger partial charge in [0, 0.05) is 18.9 Å². The molecule has 1 aromatic heterocycles. The van der Waals surface area contributed by atoms with Crippen LogP contribution >= 0.6 is 0 Å². The average molecular weight is 408 g/mol. The Morgan fingerprint density at radius 1 is 1.10 bits per heavy atom. The summed E-state index contributed by atoms with van der Waals surface area (Å²) in [4.78, 5) is 16.6. The lowest BCUT2D eigenvalue weighted by Crippen LogP contribution is -2.26. The second-order valence-corrected chi connectivity index (χ2v) is 7.57. The number of rotatable bonds is 11. The van der Waals surface area contributed by atoms with Crippen LogP contribution in [-0.2, 0) is 17.8 Å². The molecular formula is C24H29N3O3. The summed E-state index contributed by atoms with van der Waals surface area (Å²) >= 11 is 0. The molecule has 0 spiro atoms. The molecule has 6 nitrogen and oxygen atoms in total. The van der Waals surface area contributed by atoms with E-state index in [-0.39, 0.29) is 11.8 Å². The molecule has 1 N–H and O–H groups in total. The molecule has 0 bridgehead atoms. The Morgan fingerprint density at radius 3 is 2.60 bits per heavy atom. The molecule has 0 saturated heterocycles. The summed E-state index contributed by atoms with van der Waals surface area (Å²) in [5.41, 5.74) is 2.10. The second kappa shape index (κ2) is 9.65. The number of benzene rings is 2. The van der Waals surface area contributed by atoms with Gasteiger partial charge in [-0.3, -0.25) is 4.79 Å². The van der Waals surface area contributed by atoms with Gasteiger partial charge < -0.3 is 19.4 Å². The van der Waals surface area contributed by atoms with Crippen LogP contribution in [0.25, 0.3) is 11.0 Å². The fourth-order valence-corrected chi connectivity index (χ4v) is 3.60. The molecule has 1 aliphatic rings. The molecule has 158 valence electrons. The molecule has 4 rings (SSSR count). The van der Waals surface area contributed by atoms with Gasteiger partial charge >= 0.3 is 0 Å². The number of hydrogen-bond donors (Lipinski definition) is 1. The minimum absolute atomic E-state index is 0.199. The third kappa shape index (κ3) is 4.93. The van der Waals surface area contributed by atoms with Crippen molar-refractivity contribution in [2.75, 3.05) is 19.8 Å². The summed E-state index contributed by atoms with van der Waals surface area (Å²) in [6, 6.07) is 15.9. The number of imidazole rings is 1. The van der Waals surface area contributed by atoms with E-state index in [1.807, 2.05) is 49.4 Å². The van der Waals surface area contributed by atoms with Crippen LogP contribution in [0, 0.1) is 5.92 Å². The van der Waals surface area contributed by atoms with Crippen LogP contribution in [0.15, 0.2) is 48.5 Å². The van der Waals surface area contributed by atoms with E-state index in [2.05, 4.69) is 16.0 Å². The van der Waals surface area contributed by atoms with Crippen molar-refractivity contribution in [3.05, 3.63) is 54.4 Å². The Morgan fingerprint density at radius 2 is 1.83 bits per heavy atom. The van der Waals surface area contributed by atoms with Crippen molar-refractivity contribution in [2.24, 2.45) is 5.92 Å². The fraction of sp³-hybridized carbons (Fsp3) is 0.417. The van der Waals surface area contributed by atoms with Gasteiger partial charge in [-0.1, -0.05) is 24.3 Å². The van der Waals surface area contributed by atoms with Crippen molar-refractivity contribution in [3.63, 3.8) is 0 Å². The van der Waals surface area contributed by atoms with Gasteiger partial charge in [0.05, 0.1) is 24.2 Å². The summed E-state index contributed by atoms with van der Waals surface area (Å²) in [6.45, 7) is 4.49. The monoisotopic (exact) mass is 407 g/mol. The Balaban J connectivity index is 1.39. The van der Waals surface area contributed by atoms with Gasteiger partial charge in [-0.25, -0.2) is 4.98 Å². The second-order valence-electron chi connectivity index (χ2n) is 7.57. The number of aromatic nitrogens is 2. The van der Waals surface area contributed by atoms with Gasteiger partial charge in [0.2, 0.25) is 5.91 Å². The first-order valence-electron chi connectivity index (χ1n) is 10.8. The summed E-state index contributed by atoms with van der Waals surface area (Å²) in [6.07, 6.45) is 3.76. The predicted molar refractivity (Wildman–Crippen MR) is 117 cm³/mol. The predicted octanol–water partition coefficient (Wildman–Crippen LogP) is 3.97. The lowest BCUT2D eigenvalue weighted by molar-refractivity contribution is -0.122. The van der Waals surface area contributed by atoms with Crippen molar-refractivity contribution in [1.29, 1.82) is 0 Å². The lowest BCUT2D eigenvalue weighted by atomic mass is 10.2. The highest BCUT2D eigenvalue weighted by molar-refractivity contribution is 5.80. The van der Waals surface area contributed by atoms with E-state index < -0.39 is 0 Å². The number of carbonyl (C=O) groups is 1. The number of hydrogen-bond acceptors (Lipinski definition) is 4. The summed E-state index contributed by atoms with van der Waals surface area (Å²) < 4.78 is 13.9. The van der Waals surface area contributed by atoms with E-state index in [0.29, 0.717) is 26.3 Å². The van der Waals surface area contributed by atoms with Gasteiger partial charge in [0.1, 0.15) is 12.4 Å². The van der Waals surface area contributed by atoms with Crippen molar-refractivity contribution in [2.45, 2.75) is 39.2 Å². The van der Waals surface area contributed by atoms with Crippen molar-refractivity contribution < 1.29 is 14.3 Å². The van der Waals surface area contributed by atoms with Gasteiger partial charge in [-0.15, -0.1) is 0 Å². The summed E-state index contributed by atoms with van der Waals surface area (Å²) in [7, 11) is 0.